The monoisotopic (exact) mass is 395 g/mol. The first-order valence-electron chi connectivity index (χ1n) is 10.8. The Morgan fingerprint density at radius 1 is 0.710 bits per heavy atom. The molecule has 3 nitrogen and oxygen atoms in total. The summed E-state index contributed by atoms with van der Waals surface area (Å²) in [6, 6.07) is 20.3. The summed E-state index contributed by atoms with van der Waals surface area (Å²) in [4.78, 5) is 9.14. The molecule has 0 radical (unpaired) electrons. The van der Waals surface area contributed by atoms with Gasteiger partial charge >= 0.3 is 0 Å². The molecule has 2 aliphatic carbocycles. The van der Waals surface area contributed by atoms with Crippen LogP contribution >= 0.6 is 0 Å². The standard InChI is InChI=1S/C28H17N3/c1-2-4-18-16(3-1)13-23-19(18)6-5-17-14-24-22(26(17)23)8-7-21-20-9-10-29-15-25(20)31-12-11-30-28(31)27(21)24/h1-12,15H,13-14H2. The molecule has 144 valence electrons. The minimum Gasteiger partial charge on any atom is -0.298 e. The predicted octanol–water partition coefficient (Wildman–Crippen LogP) is 6.18. The Morgan fingerprint density at radius 3 is 2.61 bits per heavy atom. The molecule has 0 saturated heterocycles. The summed E-state index contributed by atoms with van der Waals surface area (Å²) in [5.41, 5.74) is 13.5. The highest BCUT2D eigenvalue weighted by molar-refractivity contribution is 6.15. The van der Waals surface area contributed by atoms with Crippen molar-refractivity contribution in [3.63, 3.8) is 0 Å². The maximum Gasteiger partial charge on any atom is 0.145 e. The molecule has 0 unspecified atom stereocenters. The van der Waals surface area contributed by atoms with Crippen molar-refractivity contribution in [2.75, 3.05) is 0 Å². The van der Waals surface area contributed by atoms with Crippen molar-refractivity contribution in [1.82, 2.24) is 14.4 Å². The van der Waals surface area contributed by atoms with E-state index in [1.165, 1.54) is 60.7 Å². The summed E-state index contributed by atoms with van der Waals surface area (Å²) < 4.78 is 2.19. The first-order valence-corrected chi connectivity index (χ1v) is 10.8. The molecule has 0 atom stereocenters. The lowest BCUT2D eigenvalue weighted by Crippen LogP contribution is -1.94. The lowest BCUT2D eigenvalue weighted by atomic mass is 9.94. The highest BCUT2D eigenvalue weighted by atomic mass is 15.0. The van der Waals surface area contributed by atoms with Gasteiger partial charge in [0, 0.05) is 29.4 Å². The van der Waals surface area contributed by atoms with Gasteiger partial charge in [0.1, 0.15) is 5.65 Å². The highest BCUT2D eigenvalue weighted by Crippen LogP contribution is 2.49. The van der Waals surface area contributed by atoms with E-state index in [0.29, 0.717) is 0 Å². The van der Waals surface area contributed by atoms with Gasteiger partial charge in [-0.1, -0.05) is 48.5 Å². The molecule has 2 aliphatic rings. The van der Waals surface area contributed by atoms with E-state index in [-0.39, 0.29) is 0 Å². The normalized spacial score (nSPS) is 13.5. The number of benzene rings is 3. The first-order chi connectivity index (χ1) is 15.4. The second-order valence-corrected chi connectivity index (χ2v) is 8.66. The number of aromatic nitrogens is 3. The Morgan fingerprint density at radius 2 is 1.61 bits per heavy atom. The summed E-state index contributed by atoms with van der Waals surface area (Å²) >= 11 is 0. The van der Waals surface area contributed by atoms with Gasteiger partial charge in [-0.2, -0.15) is 0 Å². The third-order valence-corrected chi connectivity index (χ3v) is 7.24. The topological polar surface area (TPSA) is 30.2 Å². The molecule has 3 aromatic carbocycles. The van der Waals surface area contributed by atoms with Crippen LogP contribution in [0.25, 0.3) is 49.6 Å². The van der Waals surface area contributed by atoms with E-state index in [1.807, 2.05) is 18.6 Å². The van der Waals surface area contributed by atoms with Crippen molar-refractivity contribution in [2.24, 2.45) is 0 Å². The van der Waals surface area contributed by atoms with E-state index in [4.69, 9.17) is 4.98 Å². The van der Waals surface area contributed by atoms with Crippen molar-refractivity contribution >= 4 is 27.3 Å². The maximum absolute atomic E-state index is 4.78. The summed E-state index contributed by atoms with van der Waals surface area (Å²) in [6.07, 6.45) is 9.76. The van der Waals surface area contributed by atoms with Gasteiger partial charge in [0.25, 0.3) is 0 Å². The van der Waals surface area contributed by atoms with Crippen LogP contribution in [0, 0.1) is 0 Å². The SMILES string of the molecule is c1ccc2c(c1)Cc1c-2ccc2c1-c1ccc3c4ccncc4n4ccnc4c3c1C2. The highest BCUT2D eigenvalue weighted by Gasteiger charge is 2.30. The number of fused-ring (bicyclic) bond motifs is 14. The van der Waals surface area contributed by atoms with Crippen LogP contribution < -0.4 is 0 Å². The lowest BCUT2D eigenvalue weighted by Gasteiger charge is -2.12. The minimum absolute atomic E-state index is 0.963. The van der Waals surface area contributed by atoms with Crippen LogP contribution in [-0.4, -0.2) is 14.4 Å². The van der Waals surface area contributed by atoms with Gasteiger partial charge in [0.2, 0.25) is 0 Å². The molecule has 0 bridgehead atoms. The van der Waals surface area contributed by atoms with Crippen LogP contribution in [0.5, 0.6) is 0 Å². The van der Waals surface area contributed by atoms with E-state index in [0.717, 1.165) is 24.0 Å². The molecule has 0 amide bonds. The lowest BCUT2D eigenvalue weighted by molar-refractivity contribution is 1.22. The fourth-order valence-corrected chi connectivity index (χ4v) is 5.97. The zero-order chi connectivity index (χ0) is 20.1. The second-order valence-electron chi connectivity index (χ2n) is 8.66. The minimum atomic E-state index is 0.963. The van der Waals surface area contributed by atoms with Crippen LogP contribution in [0.2, 0.25) is 0 Å². The number of hydrogen-bond donors (Lipinski definition) is 0. The van der Waals surface area contributed by atoms with Gasteiger partial charge in [-0.3, -0.25) is 9.38 Å². The van der Waals surface area contributed by atoms with Crippen molar-refractivity contribution in [1.29, 1.82) is 0 Å². The molecule has 0 N–H and O–H groups in total. The molecular weight excluding hydrogens is 378 g/mol. The molecular formula is C28H17N3. The number of hydrogen-bond acceptors (Lipinski definition) is 2. The molecule has 6 aromatic rings. The Bertz CT molecular complexity index is 1740. The molecule has 0 saturated carbocycles. The Kier molecular flexibility index (Phi) is 2.74. The van der Waals surface area contributed by atoms with Crippen molar-refractivity contribution in [3.8, 4) is 22.3 Å². The van der Waals surface area contributed by atoms with Gasteiger partial charge in [-0.15, -0.1) is 0 Å². The van der Waals surface area contributed by atoms with Crippen LogP contribution in [0.4, 0.5) is 0 Å². The zero-order valence-electron chi connectivity index (χ0n) is 16.8. The van der Waals surface area contributed by atoms with E-state index < -0.39 is 0 Å². The van der Waals surface area contributed by atoms with Gasteiger partial charge in [0.05, 0.1) is 11.7 Å². The van der Waals surface area contributed by atoms with Crippen LogP contribution in [0.3, 0.4) is 0 Å². The third kappa shape index (κ3) is 1.85. The fraction of sp³-hybridized carbons (Fsp3) is 0.0714. The molecule has 3 heteroatoms. The van der Waals surface area contributed by atoms with E-state index in [1.54, 1.807) is 0 Å². The first kappa shape index (κ1) is 15.8. The van der Waals surface area contributed by atoms with Crippen LogP contribution in [-0.2, 0) is 12.8 Å². The number of pyridine rings is 2. The average Bonchev–Trinajstić information content (AvgIpc) is 3.53. The molecule has 8 rings (SSSR count). The van der Waals surface area contributed by atoms with Crippen LogP contribution in [0.15, 0.2) is 79.4 Å². The van der Waals surface area contributed by atoms with Crippen LogP contribution in [0.1, 0.15) is 22.3 Å². The maximum atomic E-state index is 4.78. The average molecular weight is 395 g/mol. The fourth-order valence-electron chi connectivity index (χ4n) is 5.97. The van der Waals surface area contributed by atoms with E-state index in [9.17, 15) is 0 Å². The molecule has 0 fully saturated rings. The molecule has 3 aromatic heterocycles. The summed E-state index contributed by atoms with van der Waals surface area (Å²) in [5, 5.41) is 3.77. The molecule has 0 aliphatic heterocycles. The van der Waals surface area contributed by atoms with Gasteiger partial charge in [0.15, 0.2) is 0 Å². The second kappa shape index (κ2) is 5.38. The summed E-state index contributed by atoms with van der Waals surface area (Å²) in [7, 11) is 0. The van der Waals surface area contributed by atoms with Gasteiger partial charge in [-0.05, 0) is 68.8 Å². The molecule has 31 heavy (non-hydrogen) atoms. The Balaban J connectivity index is 1.50. The molecule has 0 spiro atoms. The number of nitrogens with zero attached hydrogens (tertiary/aromatic N) is 3. The van der Waals surface area contributed by atoms with Gasteiger partial charge < -0.3 is 0 Å². The Hall–Kier alpha value is -3.98. The third-order valence-electron chi connectivity index (χ3n) is 7.24. The van der Waals surface area contributed by atoms with Crippen molar-refractivity contribution in [3.05, 3.63) is 102 Å². The predicted molar refractivity (Wildman–Crippen MR) is 124 cm³/mol. The van der Waals surface area contributed by atoms with E-state index in [2.05, 4.69) is 70.2 Å². The smallest absolute Gasteiger partial charge is 0.145 e. The summed E-state index contributed by atoms with van der Waals surface area (Å²) in [6.45, 7) is 0. The van der Waals surface area contributed by atoms with Gasteiger partial charge in [-0.25, -0.2) is 4.98 Å². The Labute approximate surface area is 178 Å². The number of imidazole rings is 1. The van der Waals surface area contributed by atoms with Crippen molar-refractivity contribution in [2.45, 2.75) is 12.8 Å². The largest absolute Gasteiger partial charge is 0.298 e. The quantitative estimate of drug-likeness (QED) is 0.287. The van der Waals surface area contributed by atoms with E-state index >= 15 is 0 Å². The molecule has 3 heterocycles. The zero-order valence-corrected chi connectivity index (χ0v) is 16.8. The summed E-state index contributed by atoms with van der Waals surface area (Å²) in [5.74, 6) is 0. The van der Waals surface area contributed by atoms with Crippen molar-refractivity contribution < 1.29 is 0 Å². The number of rotatable bonds is 0.